The highest BCUT2D eigenvalue weighted by Gasteiger charge is 2.15. The molecule has 0 spiro atoms. The lowest BCUT2D eigenvalue weighted by atomic mass is 9.93. The normalized spacial score (nSPS) is 12.6. The van der Waals surface area contributed by atoms with Crippen LogP contribution in [0.5, 0.6) is 0 Å². The zero-order valence-corrected chi connectivity index (χ0v) is 12.9. The second-order valence-corrected chi connectivity index (χ2v) is 5.84. The van der Waals surface area contributed by atoms with Crippen LogP contribution in [0.4, 0.5) is 0 Å². The lowest BCUT2D eigenvalue weighted by Gasteiger charge is -2.16. The average Bonchev–Trinajstić information content (AvgIpc) is 2.50. The van der Waals surface area contributed by atoms with Crippen molar-refractivity contribution in [1.29, 1.82) is 0 Å². The van der Waals surface area contributed by atoms with Crippen molar-refractivity contribution in [2.45, 2.75) is 20.0 Å². The third kappa shape index (κ3) is 2.55. The highest BCUT2D eigenvalue weighted by Crippen LogP contribution is 2.31. The van der Waals surface area contributed by atoms with E-state index in [1.54, 1.807) is 0 Å². The van der Waals surface area contributed by atoms with Crippen LogP contribution in [0.15, 0.2) is 54.6 Å². The van der Waals surface area contributed by atoms with Gasteiger partial charge in [-0.15, -0.1) is 0 Å². The fourth-order valence-corrected chi connectivity index (χ4v) is 2.85. The van der Waals surface area contributed by atoms with Crippen LogP contribution in [-0.4, -0.2) is 5.11 Å². The number of benzene rings is 3. The maximum Gasteiger partial charge on any atom is 0.105 e. The first-order chi connectivity index (χ1) is 10.1. The maximum absolute atomic E-state index is 10.8. The summed E-state index contributed by atoms with van der Waals surface area (Å²) in [5.41, 5.74) is 3.99. The molecule has 0 saturated carbocycles. The van der Waals surface area contributed by atoms with Crippen LogP contribution in [0.2, 0.25) is 5.02 Å². The molecule has 0 aromatic heterocycles. The Morgan fingerprint density at radius 1 is 0.857 bits per heavy atom. The highest BCUT2D eigenvalue weighted by molar-refractivity contribution is 6.31. The number of halogens is 1. The van der Waals surface area contributed by atoms with Crippen molar-refractivity contribution in [3.63, 3.8) is 0 Å². The summed E-state index contributed by atoms with van der Waals surface area (Å²) in [4.78, 5) is 0. The van der Waals surface area contributed by atoms with Crippen molar-refractivity contribution in [3.8, 4) is 0 Å². The summed E-state index contributed by atoms with van der Waals surface area (Å²) in [6.45, 7) is 4.04. The summed E-state index contributed by atoms with van der Waals surface area (Å²) in [5.74, 6) is 0. The van der Waals surface area contributed by atoms with Gasteiger partial charge >= 0.3 is 0 Å². The van der Waals surface area contributed by atoms with Gasteiger partial charge in [0, 0.05) is 5.02 Å². The van der Waals surface area contributed by atoms with E-state index in [4.69, 9.17) is 11.6 Å². The Kier molecular flexibility index (Phi) is 3.71. The molecule has 0 bridgehead atoms. The molecular weight excluding hydrogens is 280 g/mol. The average molecular weight is 297 g/mol. The quantitative estimate of drug-likeness (QED) is 0.690. The SMILES string of the molecule is Cc1cc(C(O)c2ccc(C)c3ccccc23)ccc1Cl. The molecule has 0 aliphatic heterocycles. The summed E-state index contributed by atoms with van der Waals surface area (Å²) in [6.07, 6.45) is -0.647. The van der Waals surface area contributed by atoms with Gasteiger partial charge in [-0.1, -0.05) is 60.1 Å². The number of aliphatic hydroxyl groups is 1. The minimum absolute atomic E-state index is 0.647. The summed E-state index contributed by atoms with van der Waals surface area (Å²) in [5, 5.41) is 13.8. The van der Waals surface area contributed by atoms with Crippen molar-refractivity contribution in [3.05, 3.63) is 81.9 Å². The summed E-state index contributed by atoms with van der Waals surface area (Å²) >= 11 is 6.07. The molecule has 0 fully saturated rings. The molecule has 0 amide bonds. The predicted molar refractivity (Wildman–Crippen MR) is 88.9 cm³/mol. The molecule has 0 aliphatic carbocycles. The number of fused-ring (bicyclic) bond motifs is 1. The van der Waals surface area contributed by atoms with E-state index in [1.807, 2.05) is 43.3 Å². The topological polar surface area (TPSA) is 20.2 Å². The Bertz CT molecular complexity index is 808. The first kappa shape index (κ1) is 14.1. The van der Waals surface area contributed by atoms with E-state index in [0.717, 1.165) is 27.1 Å². The zero-order valence-electron chi connectivity index (χ0n) is 12.1. The molecular formula is C19H17ClO. The van der Waals surface area contributed by atoms with Crippen molar-refractivity contribution in [2.24, 2.45) is 0 Å². The highest BCUT2D eigenvalue weighted by atomic mass is 35.5. The van der Waals surface area contributed by atoms with Crippen LogP contribution in [0, 0.1) is 13.8 Å². The monoisotopic (exact) mass is 296 g/mol. The van der Waals surface area contributed by atoms with Gasteiger partial charge in [0.25, 0.3) is 0 Å². The van der Waals surface area contributed by atoms with Gasteiger partial charge in [0.05, 0.1) is 0 Å². The molecule has 0 aliphatic rings. The molecule has 0 radical (unpaired) electrons. The Hall–Kier alpha value is -1.83. The summed E-state index contributed by atoms with van der Waals surface area (Å²) in [7, 11) is 0. The first-order valence-electron chi connectivity index (χ1n) is 7.00. The molecule has 0 saturated heterocycles. The first-order valence-corrected chi connectivity index (χ1v) is 7.38. The van der Waals surface area contributed by atoms with Gasteiger partial charge in [-0.05, 0) is 52.9 Å². The van der Waals surface area contributed by atoms with Crippen LogP contribution < -0.4 is 0 Å². The largest absolute Gasteiger partial charge is 0.384 e. The van der Waals surface area contributed by atoms with E-state index in [1.165, 1.54) is 10.9 Å². The van der Waals surface area contributed by atoms with Crippen LogP contribution in [0.1, 0.15) is 28.4 Å². The van der Waals surface area contributed by atoms with Gasteiger partial charge in [-0.25, -0.2) is 0 Å². The van der Waals surface area contributed by atoms with Crippen molar-refractivity contribution < 1.29 is 5.11 Å². The van der Waals surface area contributed by atoms with E-state index in [2.05, 4.69) is 25.1 Å². The van der Waals surface area contributed by atoms with Gasteiger partial charge < -0.3 is 5.11 Å². The van der Waals surface area contributed by atoms with Gasteiger partial charge in [0.15, 0.2) is 0 Å². The standard InChI is InChI=1S/C19H17ClO/c1-12-7-9-17(16-6-4-3-5-15(12)16)19(21)14-8-10-18(20)13(2)11-14/h3-11,19,21H,1-2H3. The fourth-order valence-electron chi connectivity index (χ4n) is 2.73. The zero-order chi connectivity index (χ0) is 15.0. The molecule has 3 aromatic carbocycles. The lowest BCUT2D eigenvalue weighted by molar-refractivity contribution is 0.222. The summed E-state index contributed by atoms with van der Waals surface area (Å²) in [6, 6.07) is 17.9. The molecule has 3 aromatic rings. The van der Waals surface area contributed by atoms with Gasteiger partial charge in [0.2, 0.25) is 0 Å². The van der Waals surface area contributed by atoms with Crippen molar-refractivity contribution >= 4 is 22.4 Å². The van der Waals surface area contributed by atoms with Crippen LogP contribution in [0.25, 0.3) is 10.8 Å². The predicted octanol–water partition coefficient (Wildman–Crippen LogP) is 5.19. The second-order valence-electron chi connectivity index (χ2n) is 5.43. The third-order valence-electron chi connectivity index (χ3n) is 3.97. The molecule has 21 heavy (non-hydrogen) atoms. The number of hydrogen-bond acceptors (Lipinski definition) is 1. The Balaban J connectivity index is 2.15. The van der Waals surface area contributed by atoms with E-state index in [9.17, 15) is 5.11 Å². The number of hydrogen-bond donors (Lipinski definition) is 1. The van der Waals surface area contributed by atoms with Gasteiger partial charge in [-0.3, -0.25) is 0 Å². The molecule has 2 heteroatoms. The lowest BCUT2D eigenvalue weighted by Crippen LogP contribution is -2.01. The molecule has 1 atom stereocenters. The maximum atomic E-state index is 10.8. The van der Waals surface area contributed by atoms with Crippen LogP contribution in [-0.2, 0) is 0 Å². The minimum atomic E-state index is -0.647. The van der Waals surface area contributed by atoms with Crippen molar-refractivity contribution in [2.75, 3.05) is 0 Å². The molecule has 1 unspecified atom stereocenters. The molecule has 0 heterocycles. The fraction of sp³-hybridized carbons (Fsp3) is 0.158. The van der Waals surface area contributed by atoms with E-state index < -0.39 is 6.10 Å². The Labute approximate surface area is 129 Å². The summed E-state index contributed by atoms with van der Waals surface area (Å²) < 4.78 is 0. The molecule has 106 valence electrons. The van der Waals surface area contributed by atoms with E-state index >= 15 is 0 Å². The molecule has 1 N–H and O–H groups in total. The van der Waals surface area contributed by atoms with Crippen LogP contribution in [0.3, 0.4) is 0 Å². The minimum Gasteiger partial charge on any atom is -0.384 e. The number of aliphatic hydroxyl groups excluding tert-OH is 1. The Morgan fingerprint density at radius 3 is 2.29 bits per heavy atom. The van der Waals surface area contributed by atoms with Gasteiger partial charge in [0.1, 0.15) is 6.10 Å². The third-order valence-corrected chi connectivity index (χ3v) is 4.39. The van der Waals surface area contributed by atoms with Crippen molar-refractivity contribution in [1.82, 2.24) is 0 Å². The number of aryl methyl sites for hydroxylation is 2. The van der Waals surface area contributed by atoms with Crippen LogP contribution >= 0.6 is 11.6 Å². The number of rotatable bonds is 2. The smallest absolute Gasteiger partial charge is 0.105 e. The molecule has 3 rings (SSSR count). The van der Waals surface area contributed by atoms with E-state index in [-0.39, 0.29) is 0 Å². The second kappa shape index (κ2) is 5.51. The van der Waals surface area contributed by atoms with Gasteiger partial charge in [-0.2, -0.15) is 0 Å². The Morgan fingerprint density at radius 2 is 1.57 bits per heavy atom. The van der Waals surface area contributed by atoms with E-state index in [0.29, 0.717) is 0 Å². The molecule has 1 nitrogen and oxygen atoms in total.